The van der Waals surface area contributed by atoms with Crippen LogP contribution in [0, 0.1) is 0 Å². The zero-order valence-electron chi connectivity index (χ0n) is 5.94. The third-order valence-corrected chi connectivity index (χ3v) is 1.35. The molecule has 1 aromatic rings. The van der Waals surface area contributed by atoms with Gasteiger partial charge in [0.1, 0.15) is 0 Å². The van der Waals surface area contributed by atoms with E-state index >= 15 is 0 Å². The van der Waals surface area contributed by atoms with Gasteiger partial charge < -0.3 is 15.8 Å². The average molecular weight is 152 g/mol. The van der Waals surface area contributed by atoms with Crippen LogP contribution < -0.4 is 11.2 Å². The summed E-state index contributed by atoms with van der Waals surface area (Å²) in [6.07, 6.45) is 2.98. The molecule has 0 atom stereocenters. The first-order valence-electron chi connectivity index (χ1n) is 3.24. The zero-order valence-corrected chi connectivity index (χ0v) is 5.94. The minimum atomic E-state index is -1.46. The Labute approximate surface area is 64.8 Å². The van der Waals surface area contributed by atoms with Crippen LogP contribution in [-0.4, -0.2) is 22.2 Å². The molecule has 1 heterocycles. The van der Waals surface area contributed by atoms with E-state index in [1.165, 1.54) is 6.20 Å². The second-order valence-electron chi connectivity index (χ2n) is 2.20. The summed E-state index contributed by atoms with van der Waals surface area (Å²) in [5, 5.41) is 17.4. The number of rotatable bonds is 2. The van der Waals surface area contributed by atoms with Crippen molar-refractivity contribution in [2.24, 2.45) is 5.73 Å². The van der Waals surface area contributed by atoms with Gasteiger partial charge in [0, 0.05) is 24.4 Å². The number of hydrogen-bond donors (Lipinski definition) is 3. The monoisotopic (exact) mass is 152 g/mol. The van der Waals surface area contributed by atoms with E-state index in [1.807, 2.05) is 0 Å². The van der Waals surface area contributed by atoms with E-state index < -0.39 is 7.12 Å². The molecule has 0 aromatic carbocycles. The van der Waals surface area contributed by atoms with Gasteiger partial charge in [-0.2, -0.15) is 0 Å². The van der Waals surface area contributed by atoms with Crippen molar-refractivity contribution in [1.82, 2.24) is 4.98 Å². The Morgan fingerprint density at radius 2 is 2.18 bits per heavy atom. The molecule has 0 saturated carbocycles. The van der Waals surface area contributed by atoms with Gasteiger partial charge >= 0.3 is 7.12 Å². The smallest absolute Gasteiger partial charge is 0.423 e. The second-order valence-corrected chi connectivity index (χ2v) is 2.20. The summed E-state index contributed by atoms with van der Waals surface area (Å²) in [4.78, 5) is 3.78. The summed E-state index contributed by atoms with van der Waals surface area (Å²) in [5.74, 6) is 0. The molecule has 0 fully saturated rings. The topological polar surface area (TPSA) is 79.4 Å². The van der Waals surface area contributed by atoms with Crippen LogP contribution in [0.1, 0.15) is 5.56 Å². The largest absolute Gasteiger partial charge is 0.490 e. The number of pyridine rings is 1. The Balaban J connectivity index is 2.91. The Morgan fingerprint density at radius 3 is 2.73 bits per heavy atom. The van der Waals surface area contributed by atoms with Crippen LogP contribution in [0.3, 0.4) is 0 Å². The van der Waals surface area contributed by atoms with Crippen molar-refractivity contribution in [3.8, 4) is 0 Å². The highest BCUT2D eigenvalue weighted by Crippen LogP contribution is 1.91. The van der Waals surface area contributed by atoms with Crippen molar-refractivity contribution in [1.29, 1.82) is 0 Å². The maximum Gasteiger partial charge on any atom is 0.490 e. The Hall–Kier alpha value is -0.905. The van der Waals surface area contributed by atoms with Gasteiger partial charge in [0.25, 0.3) is 0 Å². The predicted octanol–water partition coefficient (Wildman–Crippen LogP) is -1.78. The predicted molar refractivity (Wildman–Crippen MR) is 42.0 cm³/mol. The van der Waals surface area contributed by atoms with Crippen LogP contribution in [0.5, 0.6) is 0 Å². The molecular formula is C6H9BN2O2. The lowest BCUT2D eigenvalue weighted by molar-refractivity contribution is 0.425. The first-order chi connectivity index (χ1) is 5.24. The molecule has 5 heteroatoms. The molecule has 0 radical (unpaired) electrons. The van der Waals surface area contributed by atoms with Gasteiger partial charge in [0.2, 0.25) is 0 Å². The molecule has 0 unspecified atom stereocenters. The molecule has 0 bridgehead atoms. The third kappa shape index (κ3) is 2.01. The van der Waals surface area contributed by atoms with E-state index in [1.54, 1.807) is 12.3 Å². The minimum Gasteiger partial charge on any atom is -0.423 e. The van der Waals surface area contributed by atoms with Crippen LogP contribution in [0.4, 0.5) is 0 Å². The van der Waals surface area contributed by atoms with E-state index in [-0.39, 0.29) is 0 Å². The highest BCUT2D eigenvalue weighted by molar-refractivity contribution is 6.58. The fourth-order valence-electron chi connectivity index (χ4n) is 0.761. The fourth-order valence-corrected chi connectivity index (χ4v) is 0.761. The fraction of sp³-hybridized carbons (Fsp3) is 0.167. The Morgan fingerprint density at radius 1 is 1.45 bits per heavy atom. The molecule has 11 heavy (non-hydrogen) atoms. The molecule has 0 aliphatic carbocycles. The molecule has 1 rings (SSSR count). The van der Waals surface area contributed by atoms with Gasteiger partial charge in [0.05, 0.1) is 0 Å². The summed E-state index contributed by atoms with van der Waals surface area (Å²) >= 11 is 0. The van der Waals surface area contributed by atoms with E-state index in [2.05, 4.69) is 4.98 Å². The SMILES string of the molecule is NCc1cncc(B(O)O)c1. The molecule has 0 aliphatic heterocycles. The number of aromatic nitrogens is 1. The van der Waals surface area contributed by atoms with Gasteiger partial charge in [-0.15, -0.1) is 0 Å². The molecule has 58 valence electrons. The number of hydrogen-bond acceptors (Lipinski definition) is 4. The first kappa shape index (κ1) is 8.19. The molecule has 0 spiro atoms. The number of nitrogens with two attached hydrogens (primary N) is 1. The Bertz CT molecular complexity index is 242. The quantitative estimate of drug-likeness (QED) is 0.437. The summed E-state index contributed by atoms with van der Waals surface area (Å²) in [7, 11) is -1.46. The lowest BCUT2D eigenvalue weighted by Gasteiger charge is -1.99. The average Bonchev–Trinajstić information content (AvgIpc) is 2.05. The standard InChI is InChI=1S/C6H9BN2O2/c8-2-5-1-6(7(10)11)4-9-3-5/h1,3-4,10-11H,2,8H2. The Kier molecular flexibility index (Phi) is 2.59. The molecular weight excluding hydrogens is 143 g/mol. The first-order valence-corrected chi connectivity index (χ1v) is 3.24. The van der Waals surface area contributed by atoms with Gasteiger partial charge in [0.15, 0.2) is 0 Å². The molecule has 4 nitrogen and oxygen atoms in total. The van der Waals surface area contributed by atoms with Crippen molar-refractivity contribution in [3.63, 3.8) is 0 Å². The lowest BCUT2D eigenvalue weighted by atomic mass is 9.81. The third-order valence-electron chi connectivity index (χ3n) is 1.35. The van der Waals surface area contributed by atoms with Gasteiger partial charge in [-0.1, -0.05) is 6.07 Å². The van der Waals surface area contributed by atoms with Gasteiger partial charge in [-0.25, -0.2) is 0 Å². The van der Waals surface area contributed by atoms with Crippen LogP contribution in [0.2, 0.25) is 0 Å². The number of nitrogens with zero attached hydrogens (tertiary/aromatic N) is 1. The normalized spacial score (nSPS) is 9.73. The molecule has 0 amide bonds. The highest BCUT2D eigenvalue weighted by atomic mass is 16.4. The summed E-state index contributed by atoms with van der Waals surface area (Å²) < 4.78 is 0. The van der Waals surface area contributed by atoms with Crippen LogP contribution in [0.15, 0.2) is 18.5 Å². The van der Waals surface area contributed by atoms with E-state index in [0.717, 1.165) is 5.56 Å². The van der Waals surface area contributed by atoms with E-state index in [9.17, 15) is 0 Å². The van der Waals surface area contributed by atoms with Crippen LogP contribution in [0.25, 0.3) is 0 Å². The maximum atomic E-state index is 8.72. The summed E-state index contributed by atoms with van der Waals surface area (Å²) in [5.41, 5.74) is 6.47. The van der Waals surface area contributed by atoms with Gasteiger partial charge in [-0.3, -0.25) is 4.98 Å². The van der Waals surface area contributed by atoms with Gasteiger partial charge in [-0.05, 0) is 5.56 Å². The molecule has 0 saturated heterocycles. The summed E-state index contributed by atoms with van der Waals surface area (Å²) in [6.45, 7) is 0.355. The van der Waals surface area contributed by atoms with Crippen molar-refractivity contribution >= 4 is 12.6 Å². The van der Waals surface area contributed by atoms with Crippen molar-refractivity contribution < 1.29 is 10.0 Å². The van der Waals surface area contributed by atoms with Crippen LogP contribution >= 0.6 is 0 Å². The van der Waals surface area contributed by atoms with Crippen molar-refractivity contribution in [3.05, 3.63) is 24.0 Å². The van der Waals surface area contributed by atoms with Crippen molar-refractivity contribution in [2.45, 2.75) is 6.54 Å². The maximum absolute atomic E-state index is 8.72. The summed E-state index contributed by atoms with van der Waals surface area (Å²) in [6, 6.07) is 1.61. The van der Waals surface area contributed by atoms with E-state index in [4.69, 9.17) is 15.8 Å². The van der Waals surface area contributed by atoms with Crippen molar-refractivity contribution in [2.75, 3.05) is 0 Å². The van der Waals surface area contributed by atoms with E-state index in [0.29, 0.717) is 12.0 Å². The molecule has 0 aliphatic rings. The molecule has 1 aromatic heterocycles. The highest BCUT2D eigenvalue weighted by Gasteiger charge is 2.10. The minimum absolute atomic E-state index is 0.355. The van der Waals surface area contributed by atoms with Crippen LogP contribution in [-0.2, 0) is 6.54 Å². The molecule has 4 N–H and O–H groups in total. The lowest BCUT2D eigenvalue weighted by Crippen LogP contribution is -2.30. The zero-order chi connectivity index (χ0) is 8.27. The second kappa shape index (κ2) is 3.48.